The molecular weight excluding hydrogens is 488 g/mol. The van der Waals surface area contributed by atoms with Gasteiger partial charge >= 0.3 is 0 Å². The molecule has 0 bridgehead atoms. The van der Waals surface area contributed by atoms with E-state index in [1.165, 1.54) is 12.8 Å². The highest BCUT2D eigenvalue weighted by atomic mass is 16.5. The van der Waals surface area contributed by atoms with E-state index in [-0.39, 0.29) is 39.0 Å². The van der Waals surface area contributed by atoms with Crippen molar-refractivity contribution >= 4 is 0 Å². The molecule has 0 radical (unpaired) electrons. The minimum atomic E-state index is -0.196. The van der Waals surface area contributed by atoms with Crippen molar-refractivity contribution in [3.63, 3.8) is 0 Å². The quantitative estimate of drug-likeness (QED) is 0.202. The largest absolute Gasteiger partial charge is 0.384 e. The van der Waals surface area contributed by atoms with E-state index in [0.29, 0.717) is 5.92 Å². The summed E-state index contributed by atoms with van der Waals surface area (Å²) in [6.07, 6.45) is 7.55. The highest BCUT2D eigenvalue weighted by molar-refractivity contribution is 5.08. The molecule has 8 heteroatoms. The molecule has 8 nitrogen and oxygen atoms in total. The van der Waals surface area contributed by atoms with Gasteiger partial charge in [-0.05, 0) is 108 Å². The predicted molar refractivity (Wildman–Crippen MR) is 167 cm³/mol. The van der Waals surface area contributed by atoms with Crippen LogP contribution in [0.3, 0.4) is 0 Å². The number of nitrogens with two attached hydrogens (primary N) is 4. The van der Waals surface area contributed by atoms with E-state index >= 15 is 0 Å². The van der Waals surface area contributed by atoms with Crippen LogP contribution in [0.5, 0.6) is 0 Å². The normalized spacial score (nSPS) is 40.5. The second-order valence-electron chi connectivity index (χ2n) is 15.6. The number of ether oxygens (including phenoxy) is 2. The molecule has 6 atom stereocenters. The Morgan fingerprint density at radius 3 is 1.64 bits per heavy atom. The van der Waals surface area contributed by atoms with Gasteiger partial charge in [-0.1, -0.05) is 34.6 Å². The van der Waals surface area contributed by atoms with Crippen molar-refractivity contribution in [2.45, 2.75) is 123 Å². The Hall–Kier alpha value is -0.320. The fourth-order valence-corrected chi connectivity index (χ4v) is 8.43. The van der Waals surface area contributed by atoms with Crippen LogP contribution < -0.4 is 33.6 Å². The summed E-state index contributed by atoms with van der Waals surface area (Å²) < 4.78 is 10.6. The molecule has 0 amide bonds. The maximum Gasteiger partial charge on any atom is 0.0693 e. The van der Waals surface area contributed by atoms with Crippen LogP contribution in [0.25, 0.3) is 0 Å². The molecule has 2 aliphatic carbocycles. The third-order valence-corrected chi connectivity index (χ3v) is 8.98. The Labute approximate surface area is 241 Å². The lowest BCUT2D eigenvalue weighted by molar-refractivity contribution is -0.00212. The van der Waals surface area contributed by atoms with Crippen molar-refractivity contribution in [2.24, 2.45) is 45.1 Å². The highest BCUT2D eigenvalue weighted by Crippen LogP contribution is 2.53. The molecule has 6 unspecified atom stereocenters. The van der Waals surface area contributed by atoms with Gasteiger partial charge in [-0.2, -0.15) is 0 Å². The number of nitrogens with one attached hydrogen (secondary N) is 2. The van der Waals surface area contributed by atoms with Crippen LogP contribution in [-0.2, 0) is 9.47 Å². The van der Waals surface area contributed by atoms with Gasteiger partial charge in [0.25, 0.3) is 0 Å². The van der Waals surface area contributed by atoms with Crippen molar-refractivity contribution in [2.75, 3.05) is 53.6 Å². The van der Waals surface area contributed by atoms with Gasteiger partial charge in [-0.3, -0.25) is 0 Å². The van der Waals surface area contributed by atoms with Crippen molar-refractivity contribution in [1.29, 1.82) is 0 Å². The summed E-state index contributed by atoms with van der Waals surface area (Å²) in [6, 6.07) is 0. The average Bonchev–Trinajstić information content (AvgIpc) is 2.77. The van der Waals surface area contributed by atoms with Crippen LogP contribution >= 0.6 is 0 Å². The van der Waals surface area contributed by atoms with Gasteiger partial charge in [0.1, 0.15) is 0 Å². The fraction of sp³-hybridized carbons (Fsp3) is 1.00. The van der Waals surface area contributed by atoms with E-state index < -0.39 is 0 Å². The van der Waals surface area contributed by atoms with Crippen LogP contribution in [0.2, 0.25) is 0 Å². The minimum absolute atomic E-state index is 0.00278. The lowest BCUT2D eigenvalue weighted by Gasteiger charge is -2.53. The molecular formula is C31H68N6O2. The molecule has 39 heavy (non-hydrogen) atoms. The SMILES string of the molecule is CCC(CNC1(C)CC(C)(N)CC(C)(N)C1)OC.COCC(C)CNCC1(C)CC(C)(CN)CC(C)(CN)C1. The van der Waals surface area contributed by atoms with E-state index in [4.69, 9.17) is 32.4 Å². The Morgan fingerprint density at radius 2 is 1.23 bits per heavy atom. The summed E-state index contributed by atoms with van der Waals surface area (Å²) in [5.41, 5.74) is 25.1. The third kappa shape index (κ3) is 12.6. The van der Waals surface area contributed by atoms with E-state index in [1.54, 1.807) is 14.2 Å². The first-order chi connectivity index (χ1) is 17.8. The standard InChI is InChI=1S/C17H37N3O.C14H31N3O/c1-14(7-21-5)6-20-13-17(4)9-15(2,11-18)8-16(3,10-17)12-19;1-6-11(18-5)7-17-14(4)9-12(2,15)8-13(3,16)10-14/h14,20H,6-13,18-19H2,1-5H3;11,17H,6-10,15-16H2,1-5H3. The number of rotatable bonds is 13. The van der Waals surface area contributed by atoms with Crippen LogP contribution in [0.4, 0.5) is 0 Å². The highest BCUT2D eigenvalue weighted by Gasteiger charge is 2.48. The Kier molecular flexibility index (Phi) is 13.9. The predicted octanol–water partition coefficient (Wildman–Crippen LogP) is 3.36. The van der Waals surface area contributed by atoms with E-state index in [9.17, 15) is 0 Å². The van der Waals surface area contributed by atoms with E-state index in [1.807, 2.05) is 0 Å². The summed E-state index contributed by atoms with van der Waals surface area (Å²) in [4.78, 5) is 0. The van der Waals surface area contributed by atoms with Gasteiger partial charge in [-0.25, -0.2) is 0 Å². The zero-order valence-electron chi connectivity index (χ0n) is 27.5. The number of methoxy groups -OCH3 is 2. The van der Waals surface area contributed by atoms with Crippen molar-refractivity contribution in [3.05, 3.63) is 0 Å². The second-order valence-corrected chi connectivity index (χ2v) is 15.6. The zero-order valence-corrected chi connectivity index (χ0v) is 27.5. The minimum Gasteiger partial charge on any atom is -0.384 e. The first-order valence-corrected chi connectivity index (χ1v) is 15.3. The van der Waals surface area contributed by atoms with Crippen LogP contribution in [0.15, 0.2) is 0 Å². The van der Waals surface area contributed by atoms with Gasteiger partial charge < -0.3 is 43.0 Å². The van der Waals surface area contributed by atoms with Gasteiger partial charge in [0.05, 0.1) is 6.10 Å². The Morgan fingerprint density at radius 1 is 0.744 bits per heavy atom. The molecule has 0 aromatic heterocycles. The third-order valence-electron chi connectivity index (χ3n) is 8.98. The molecule has 2 fully saturated rings. The van der Waals surface area contributed by atoms with Crippen LogP contribution in [0.1, 0.15) is 100 Å². The lowest BCUT2D eigenvalue weighted by atomic mass is 9.54. The second kappa shape index (κ2) is 14.7. The molecule has 2 saturated carbocycles. The van der Waals surface area contributed by atoms with Crippen molar-refractivity contribution in [1.82, 2.24) is 10.6 Å². The smallest absolute Gasteiger partial charge is 0.0693 e. The average molecular weight is 557 g/mol. The van der Waals surface area contributed by atoms with Crippen molar-refractivity contribution < 1.29 is 9.47 Å². The van der Waals surface area contributed by atoms with Gasteiger partial charge in [0.15, 0.2) is 0 Å². The molecule has 0 aliphatic heterocycles. The summed E-state index contributed by atoms with van der Waals surface area (Å²) in [5, 5.41) is 7.27. The monoisotopic (exact) mass is 557 g/mol. The zero-order chi connectivity index (χ0) is 30.2. The number of hydrogen-bond donors (Lipinski definition) is 6. The Bertz CT molecular complexity index is 679. The van der Waals surface area contributed by atoms with Crippen LogP contribution in [0, 0.1) is 22.2 Å². The summed E-state index contributed by atoms with van der Waals surface area (Å²) in [5.74, 6) is 0.545. The van der Waals surface area contributed by atoms with Crippen molar-refractivity contribution in [3.8, 4) is 0 Å². The van der Waals surface area contributed by atoms with E-state index in [2.05, 4.69) is 66.0 Å². The molecule has 2 rings (SSSR count). The maximum absolute atomic E-state index is 6.35. The summed E-state index contributed by atoms with van der Waals surface area (Å²) >= 11 is 0. The molecule has 0 spiro atoms. The van der Waals surface area contributed by atoms with Gasteiger partial charge in [0.2, 0.25) is 0 Å². The number of hydrogen-bond acceptors (Lipinski definition) is 8. The molecule has 0 heterocycles. The molecule has 2 aliphatic rings. The van der Waals surface area contributed by atoms with Crippen LogP contribution in [-0.4, -0.2) is 76.3 Å². The first kappa shape index (κ1) is 36.7. The molecule has 234 valence electrons. The lowest BCUT2D eigenvalue weighted by Crippen LogP contribution is -2.65. The maximum atomic E-state index is 6.35. The molecule has 0 aromatic carbocycles. The van der Waals surface area contributed by atoms with E-state index in [0.717, 1.165) is 71.4 Å². The molecule has 10 N–H and O–H groups in total. The van der Waals surface area contributed by atoms with Gasteiger partial charge in [-0.15, -0.1) is 0 Å². The summed E-state index contributed by atoms with van der Waals surface area (Å²) in [6.45, 7) is 23.0. The first-order valence-electron chi connectivity index (χ1n) is 15.3. The Balaban J connectivity index is 0.000000395. The topological polar surface area (TPSA) is 147 Å². The molecule has 0 aromatic rings. The fourth-order valence-electron chi connectivity index (χ4n) is 8.43. The molecule has 0 saturated heterocycles. The summed E-state index contributed by atoms with van der Waals surface area (Å²) in [7, 11) is 3.53. The van der Waals surface area contributed by atoms with Gasteiger partial charge in [0, 0.05) is 50.5 Å².